The fourth-order valence-corrected chi connectivity index (χ4v) is 3.73. The van der Waals surface area contributed by atoms with Crippen molar-refractivity contribution in [3.05, 3.63) is 0 Å². The maximum Gasteiger partial charge on any atom is 0.410 e. The molecule has 2 N–H and O–H groups in total. The van der Waals surface area contributed by atoms with E-state index in [9.17, 15) is 14.7 Å². The first-order valence-corrected chi connectivity index (χ1v) is 9.76. The van der Waals surface area contributed by atoms with Crippen molar-refractivity contribution in [2.24, 2.45) is 0 Å². The predicted molar refractivity (Wildman–Crippen MR) is 96.2 cm³/mol. The normalized spacial score (nSPS) is 24.3. The first-order valence-electron chi connectivity index (χ1n) is 9.76. The molecule has 6 nitrogen and oxygen atoms in total. The van der Waals surface area contributed by atoms with E-state index >= 15 is 0 Å². The lowest BCUT2D eigenvalue weighted by molar-refractivity contribution is -0.133. The lowest BCUT2D eigenvalue weighted by Gasteiger charge is -2.31. The number of hydrogen-bond donors (Lipinski definition) is 2. The monoisotopic (exact) mass is 354 g/mol. The van der Waals surface area contributed by atoms with Gasteiger partial charge in [0.25, 0.3) is 5.91 Å². The molecule has 1 unspecified atom stereocenters. The number of ether oxygens (including phenoxy) is 1. The molecular formula is C19H34N2O4. The van der Waals surface area contributed by atoms with Crippen molar-refractivity contribution >= 4 is 12.0 Å². The number of nitrogens with zero attached hydrogens (tertiary/aromatic N) is 1. The van der Waals surface area contributed by atoms with Crippen LogP contribution in [-0.4, -0.2) is 52.3 Å². The highest BCUT2D eigenvalue weighted by atomic mass is 16.6. The number of hydrogen-bond acceptors (Lipinski definition) is 4. The molecule has 0 spiro atoms. The molecule has 1 aliphatic heterocycles. The smallest absolute Gasteiger partial charge is 0.410 e. The van der Waals surface area contributed by atoms with E-state index in [4.69, 9.17) is 4.74 Å². The maximum atomic E-state index is 12.5. The van der Waals surface area contributed by atoms with Crippen LogP contribution in [0, 0.1) is 0 Å². The molecule has 0 radical (unpaired) electrons. The van der Waals surface area contributed by atoms with Crippen molar-refractivity contribution in [1.29, 1.82) is 0 Å². The van der Waals surface area contributed by atoms with E-state index in [-0.39, 0.29) is 11.9 Å². The van der Waals surface area contributed by atoms with Gasteiger partial charge in [0.05, 0.1) is 6.04 Å². The molecular weight excluding hydrogens is 320 g/mol. The number of aliphatic hydroxyl groups is 1. The van der Waals surface area contributed by atoms with Crippen LogP contribution in [0.1, 0.15) is 78.6 Å². The summed E-state index contributed by atoms with van der Waals surface area (Å²) >= 11 is 0. The van der Waals surface area contributed by atoms with Gasteiger partial charge in [-0.1, -0.05) is 32.1 Å². The zero-order valence-corrected chi connectivity index (χ0v) is 15.9. The van der Waals surface area contributed by atoms with Crippen molar-refractivity contribution in [2.75, 3.05) is 6.54 Å². The summed E-state index contributed by atoms with van der Waals surface area (Å²) in [6.07, 6.45) is 7.63. The van der Waals surface area contributed by atoms with Crippen molar-refractivity contribution in [2.45, 2.75) is 102 Å². The lowest BCUT2D eigenvalue weighted by Crippen LogP contribution is -2.52. The predicted octanol–water partition coefficient (Wildman–Crippen LogP) is 2.98. The summed E-state index contributed by atoms with van der Waals surface area (Å²) in [6, 6.07) is -0.359. The summed E-state index contributed by atoms with van der Waals surface area (Å²) in [4.78, 5) is 26.4. The number of likely N-dealkylation sites (tertiary alicyclic amines) is 1. The second-order valence-electron chi connectivity index (χ2n) is 8.38. The molecule has 25 heavy (non-hydrogen) atoms. The van der Waals surface area contributed by atoms with Gasteiger partial charge in [0, 0.05) is 12.6 Å². The summed E-state index contributed by atoms with van der Waals surface area (Å²) in [5.74, 6) is -0.356. The zero-order chi connectivity index (χ0) is 18.4. The van der Waals surface area contributed by atoms with E-state index in [1.165, 1.54) is 24.2 Å². The lowest BCUT2D eigenvalue weighted by atomic mass is 9.96. The van der Waals surface area contributed by atoms with E-state index in [1.54, 1.807) is 0 Å². The molecule has 1 saturated heterocycles. The third-order valence-corrected chi connectivity index (χ3v) is 5.01. The average molecular weight is 354 g/mol. The van der Waals surface area contributed by atoms with Crippen LogP contribution in [0.15, 0.2) is 0 Å². The largest absolute Gasteiger partial charge is 0.444 e. The number of aliphatic hydroxyl groups excluding tert-OH is 1. The van der Waals surface area contributed by atoms with Crippen molar-refractivity contribution in [3.8, 4) is 0 Å². The standard InChI is InChI=1S/C19H34N2O4/c1-19(2,3)25-18(24)21-13-9-12-15(21)16(22)17(23)20-14-10-7-5-4-6-8-11-14/h14-16,22H,4-13H2,1-3H3,(H,20,23)/t15-,16?/m0/s1. The fraction of sp³-hybridized carbons (Fsp3) is 0.895. The topological polar surface area (TPSA) is 78.9 Å². The molecule has 0 bridgehead atoms. The van der Waals surface area contributed by atoms with Crippen LogP contribution < -0.4 is 5.32 Å². The van der Waals surface area contributed by atoms with Gasteiger partial charge in [-0.05, 0) is 46.5 Å². The minimum Gasteiger partial charge on any atom is -0.444 e. The first-order chi connectivity index (χ1) is 11.8. The van der Waals surface area contributed by atoms with Gasteiger partial charge >= 0.3 is 6.09 Å². The quantitative estimate of drug-likeness (QED) is 0.817. The highest BCUT2D eigenvalue weighted by Crippen LogP contribution is 2.24. The number of carbonyl (C=O) groups is 2. The van der Waals surface area contributed by atoms with Crippen molar-refractivity contribution < 1.29 is 19.4 Å². The Morgan fingerprint density at radius 2 is 1.64 bits per heavy atom. The van der Waals surface area contributed by atoms with E-state index in [1.807, 2.05) is 20.8 Å². The van der Waals surface area contributed by atoms with Crippen LogP contribution in [0.2, 0.25) is 0 Å². The molecule has 0 aromatic heterocycles. The molecule has 1 saturated carbocycles. The summed E-state index contributed by atoms with van der Waals surface area (Å²) in [6.45, 7) is 5.96. The minimum absolute atomic E-state index is 0.138. The SMILES string of the molecule is CC(C)(C)OC(=O)N1CCC[C@H]1C(O)C(=O)NC1CCCCCCC1. The summed E-state index contributed by atoms with van der Waals surface area (Å²) in [5.41, 5.74) is -0.587. The van der Waals surface area contributed by atoms with E-state index in [0.29, 0.717) is 13.0 Å². The number of carbonyl (C=O) groups excluding carboxylic acids is 2. The number of rotatable bonds is 3. The molecule has 144 valence electrons. The molecule has 2 fully saturated rings. The van der Waals surface area contributed by atoms with Gasteiger partial charge in [-0.15, -0.1) is 0 Å². The average Bonchev–Trinajstić information content (AvgIpc) is 2.96. The van der Waals surface area contributed by atoms with Crippen LogP contribution in [-0.2, 0) is 9.53 Å². The Labute approximate surface area is 151 Å². The van der Waals surface area contributed by atoms with E-state index < -0.39 is 23.8 Å². The Bertz CT molecular complexity index is 453. The van der Waals surface area contributed by atoms with Gasteiger partial charge in [0.2, 0.25) is 0 Å². The molecule has 2 rings (SSSR count). The van der Waals surface area contributed by atoms with Gasteiger partial charge in [-0.3, -0.25) is 4.79 Å². The molecule has 2 aliphatic rings. The molecule has 1 heterocycles. The Kier molecular flexibility index (Phi) is 7.11. The van der Waals surface area contributed by atoms with Crippen LogP contribution >= 0.6 is 0 Å². The summed E-state index contributed by atoms with van der Waals surface area (Å²) in [5, 5.41) is 13.5. The van der Waals surface area contributed by atoms with Gasteiger partial charge in [-0.25, -0.2) is 4.79 Å². The van der Waals surface area contributed by atoms with E-state index in [2.05, 4.69) is 5.32 Å². The first kappa shape index (κ1) is 20.0. The third-order valence-electron chi connectivity index (χ3n) is 5.01. The molecule has 0 aromatic rings. The highest BCUT2D eigenvalue weighted by molar-refractivity contribution is 5.82. The highest BCUT2D eigenvalue weighted by Gasteiger charge is 2.39. The third kappa shape index (κ3) is 6.17. The molecule has 0 aromatic carbocycles. The second kappa shape index (κ2) is 8.88. The fourth-order valence-electron chi connectivity index (χ4n) is 3.73. The Morgan fingerprint density at radius 3 is 2.24 bits per heavy atom. The van der Waals surface area contributed by atoms with Crippen LogP contribution in [0.5, 0.6) is 0 Å². The molecule has 6 heteroatoms. The molecule has 2 atom stereocenters. The maximum absolute atomic E-state index is 12.5. The van der Waals surface area contributed by atoms with Crippen LogP contribution in [0.25, 0.3) is 0 Å². The van der Waals surface area contributed by atoms with Gasteiger partial charge < -0.3 is 20.1 Å². The Hall–Kier alpha value is -1.30. The second-order valence-corrected chi connectivity index (χ2v) is 8.38. The van der Waals surface area contributed by atoms with Crippen LogP contribution in [0.4, 0.5) is 4.79 Å². The summed E-state index contributed by atoms with van der Waals surface area (Å²) in [7, 11) is 0. The minimum atomic E-state index is -1.19. The number of amides is 2. The van der Waals surface area contributed by atoms with Gasteiger partial charge in [0.15, 0.2) is 6.10 Å². The molecule has 1 aliphatic carbocycles. The van der Waals surface area contributed by atoms with Crippen molar-refractivity contribution in [1.82, 2.24) is 10.2 Å². The van der Waals surface area contributed by atoms with Crippen molar-refractivity contribution in [3.63, 3.8) is 0 Å². The number of nitrogens with one attached hydrogen (secondary N) is 1. The van der Waals surface area contributed by atoms with E-state index in [0.717, 1.165) is 32.1 Å². The van der Waals surface area contributed by atoms with Gasteiger partial charge in [-0.2, -0.15) is 0 Å². The van der Waals surface area contributed by atoms with Crippen LogP contribution in [0.3, 0.4) is 0 Å². The molecule has 2 amide bonds. The Balaban J connectivity index is 1.91. The zero-order valence-electron chi connectivity index (χ0n) is 15.9. The summed E-state index contributed by atoms with van der Waals surface area (Å²) < 4.78 is 5.41. The Morgan fingerprint density at radius 1 is 1.04 bits per heavy atom. The van der Waals surface area contributed by atoms with Gasteiger partial charge in [0.1, 0.15) is 5.60 Å².